The molecule has 0 aromatic carbocycles. The van der Waals surface area contributed by atoms with E-state index in [9.17, 15) is 19.0 Å². The van der Waals surface area contributed by atoms with Crippen LogP contribution in [0.25, 0.3) is 0 Å². The molecule has 1 amide bonds. The van der Waals surface area contributed by atoms with Gasteiger partial charge in [-0.15, -0.1) is 0 Å². The normalized spacial score (nSPS) is 14.1. The number of allylic oxidation sites excluding steroid dienone is 11. The van der Waals surface area contributed by atoms with Crippen LogP contribution in [0, 0.1) is 0 Å². The molecule has 0 aromatic heterocycles. The summed E-state index contributed by atoms with van der Waals surface area (Å²) in [7, 11) is 1.49. The first-order valence-corrected chi connectivity index (χ1v) is 33.8. The molecule has 10 heteroatoms. The minimum absolute atomic E-state index is 0.0364. The van der Waals surface area contributed by atoms with Crippen molar-refractivity contribution in [3.63, 3.8) is 0 Å². The molecule has 0 saturated heterocycles. The van der Waals surface area contributed by atoms with Gasteiger partial charge in [0.1, 0.15) is 19.3 Å². The maximum Gasteiger partial charge on any atom is 0.472 e. The molecule has 2 N–H and O–H groups in total. The largest absolute Gasteiger partial charge is 0.472 e. The molecule has 0 fully saturated rings. The van der Waals surface area contributed by atoms with Crippen LogP contribution in [0.2, 0.25) is 0 Å². The first-order chi connectivity index (χ1) is 37.4. The molecule has 448 valence electrons. The number of carbonyl (C=O) groups is 2. The predicted molar refractivity (Wildman–Crippen MR) is 332 cm³/mol. The van der Waals surface area contributed by atoms with E-state index >= 15 is 0 Å². The van der Waals surface area contributed by atoms with Crippen LogP contribution in [0.1, 0.15) is 290 Å². The Morgan fingerprint density at radius 1 is 0.455 bits per heavy atom. The molecule has 3 unspecified atom stereocenters. The summed E-state index contributed by atoms with van der Waals surface area (Å²) >= 11 is 0. The lowest BCUT2D eigenvalue weighted by atomic mass is 10.0. The van der Waals surface area contributed by atoms with Crippen molar-refractivity contribution in [3.8, 4) is 0 Å². The molecule has 0 rings (SSSR count). The predicted octanol–water partition coefficient (Wildman–Crippen LogP) is 20.0. The standard InChI is InChI=1S/C67H123N2O7P/c1-7-10-13-16-19-22-25-27-29-30-31-32-33-34-35-36-37-38-40-41-44-47-50-53-56-59-66(70)68-64(63-75-77(72,73)74-62-61-69(4,5)6)65(58-55-52-49-46-43-24-21-18-15-12-9-3)76-67(71)60-57-54-51-48-45-42-39-28-26-23-20-17-14-11-8-2/h19,22-23,26-27,29,31-32,34-35,55,58,64-65H,7-18,20-21,24-25,28,30,33,36-54,56-57,59-63H2,1-6H3,(H-,68,70,72,73)/p+1/b22-19-,26-23-,29-27-,32-31-,35-34-,58-55-. The average molecular weight is 1100 g/mol. The summed E-state index contributed by atoms with van der Waals surface area (Å²) in [4.78, 5) is 37.7. The highest BCUT2D eigenvalue weighted by atomic mass is 31.2. The van der Waals surface area contributed by atoms with Gasteiger partial charge in [-0.1, -0.05) is 248 Å². The Hall–Kier alpha value is -2.55. The number of nitrogens with one attached hydrogen (secondary N) is 1. The third-order valence-corrected chi connectivity index (χ3v) is 15.1. The number of phosphoric ester groups is 1. The van der Waals surface area contributed by atoms with E-state index in [0.29, 0.717) is 17.4 Å². The van der Waals surface area contributed by atoms with Gasteiger partial charge in [0.25, 0.3) is 0 Å². The molecule has 0 saturated carbocycles. The van der Waals surface area contributed by atoms with Gasteiger partial charge in [0.2, 0.25) is 5.91 Å². The molecule has 0 bridgehead atoms. The molecule has 0 aliphatic carbocycles. The van der Waals surface area contributed by atoms with Gasteiger partial charge < -0.3 is 19.4 Å². The number of nitrogens with zero attached hydrogens (tertiary/aromatic N) is 1. The van der Waals surface area contributed by atoms with Crippen molar-refractivity contribution in [1.29, 1.82) is 0 Å². The number of carbonyl (C=O) groups excluding carboxylic acids is 2. The molecular weight excluding hydrogens is 976 g/mol. The quantitative estimate of drug-likeness (QED) is 0.0205. The molecule has 0 aliphatic rings. The van der Waals surface area contributed by atoms with Gasteiger partial charge in [-0.3, -0.25) is 18.6 Å². The zero-order chi connectivity index (χ0) is 56.4. The highest BCUT2D eigenvalue weighted by Gasteiger charge is 2.30. The molecule has 0 aromatic rings. The number of unbranched alkanes of at least 4 members (excludes halogenated alkanes) is 32. The maximum atomic E-state index is 13.6. The Bertz CT molecular complexity index is 1550. The number of likely N-dealkylation sites (N-methyl/N-ethyl adjacent to an activating group) is 1. The number of phosphoric acid groups is 1. The van der Waals surface area contributed by atoms with Crippen molar-refractivity contribution in [2.24, 2.45) is 0 Å². The van der Waals surface area contributed by atoms with Crippen LogP contribution in [0.15, 0.2) is 72.9 Å². The van der Waals surface area contributed by atoms with Crippen LogP contribution in [-0.2, 0) is 27.9 Å². The van der Waals surface area contributed by atoms with E-state index in [4.69, 9.17) is 13.8 Å². The molecule has 77 heavy (non-hydrogen) atoms. The van der Waals surface area contributed by atoms with E-state index in [2.05, 4.69) is 86.8 Å². The number of esters is 1. The summed E-state index contributed by atoms with van der Waals surface area (Å²) < 4.78 is 30.7. The monoisotopic (exact) mass is 1100 g/mol. The van der Waals surface area contributed by atoms with E-state index < -0.39 is 20.0 Å². The lowest BCUT2D eigenvalue weighted by molar-refractivity contribution is -0.870. The lowest BCUT2D eigenvalue weighted by Gasteiger charge is -2.27. The number of quaternary nitrogens is 1. The third-order valence-electron chi connectivity index (χ3n) is 14.1. The van der Waals surface area contributed by atoms with Crippen LogP contribution in [-0.4, -0.2) is 74.3 Å². The van der Waals surface area contributed by atoms with E-state index in [1.165, 1.54) is 154 Å². The second kappa shape index (κ2) is 56.7. The zero-order valence-electron chi connectivity index (χ0n) is 51.2. The minimum atomic E-state index is -4.45. The van der Waals surface area contributed by atoms with Crippen molar-refractivity contribution in [1.82, 2.24) is 5.32 Å². The van der Waals surface area contributed by atoms with E-state index in [1.807, 2.05) is 33.3 Å². The molecule has 9 nitrogen and oxygen atoms in total. The van der Waals surface area contributed by atoms with Crippen molar-refractivity contribution in [2.75, 3.05) is 40.9 Å². The Morgan fingerprint density at radius 2 is 0.792 bits per heavy atom. The molecule has 0 spiro atoms. The van der Waals surface area contributed by atoms with Gasteiger partial charge >= 0.3 is 13.8 Å². The molecule has 3 atom stereocenters. The van der Waals surface area contributed by atoms with E-state index in [0.717, 1.165) is 103 Å². The topological polar surface area (TPSA) is 111 Å². The Labute approximate surface area is 476 Å². The van der Waals surface area contributed by atoms with Crippen molar-refractivity contribution >= 4 is 19.7 Å². The number of ether oxygens (including phenoxy) is 1. The Morgan fingerprint density at radius 3 is 1.23 bits per heavy atom. The minimum Gasteiger partial charge on any atom is -0.456 e. The van der Waals surface area contributed by atoms with E-state index in [1.54, 1.807) is 0 Å². The van der Waals surface area contributed by atoms with Crippen LogP contribution in [0.5, 0.6) is 0 Å². The molecule has 0 heterocycles. The number of rotatable bonds is 58. The fourth-order valence-corrected chi connectivity index (χ4v) is 9.83. The summed E-state index contributed by atoms with van der Waals surface area (Å²) in [6.07, 6.45) is 73.3. The summed E-state index contributed by atoms with van der Waals surface area (Å²) in [5.41, 5.74) is 0. The summed E-state index contributed by atoms with van der Waals surface area (Å²) in [6.45, 7) is 6.97. The van der Waals surface area contributed by atoms with E-state index in [-0.39, 0.29) is 31.5 Å². The molecule has 0 aliphatic heterocycles. The van der Waals surface area contributed by atoms with Gasteiger partial charge in [-0.25, -0.2) is 4.57 Å². The fourth-order valence-electron chi connectivity index (χ4n) is 9.10. The van der Waals surface area contributed by atoms with Gasteiger partial charge in [0, 0.05) is 12.8 Å². The first kappa shape index (κ1) is 74.5. The first-order valence-electron chi connectivity index (χ1n) is 32.3. The molecule has 0 radical (unpaired) electrons. The SMILES string of the molecule is CCCCC/C=C\C/C=C\C/C=C\C/C=C\CCCCCCCCCCCC(=O)NC(COP(=O)(O)OCC[N+](C)(C)C)C(/C=C\CCCCCCCCCCC)OC(=O)CCCCCCCCC/C=C\CCCCCC. The Balaban J connectivity index is 5.12. The second-order valence-electron chi connectivity index (χ2n) is 22.9. The van der Waals surface area contributed by atoms with Crippen LogP contribution >= 0.6 is 7.82 Å². The summed E-state index contributed by atoms with van der Waals surface area (Å²) in [6, 6.07) is -0.855. The average Bonchev–Trinajstić information content (AvgIpc) is 3.39. The highest BCUT2D eigenvalue weighted by Crippen LogP contribution is 2.43. The maximum absolute atomic E-state index is 13.6. The smallest absolute Gasteiger partial charge is 0.456 e. The van der Waals surface area contributed by atoms with Gasteiger partial charge in [-0.05, 0) is 102 Å². The number of hydrogen-bond donors (Lipinski definition) is 2. The van der Waals surface area contributed by atoms with Crippen molar-refractivity contribution in [2.45, 2.75) is 303 Å². The van der Waals surface area contributed by atoms with Gasteiger partial charge in [-0.2, -0.15) is 0 Å². The van der Waals surface area contributed by atoms with Crippen LogP contribution < -0.4 is 5.32 Å². The second-order valence-corrected chi connectivity index (χ2v) is 24.4. The Kier molecular flexibility index (Phi) is 54.8. The summed E-state index contributed by atoms with van der Waals surface area (Å²) in [5, 5.41) is 3.06. The molecular formula is C67H124N2O7P+. The number of amides is 1. The summed E-state index contributed by atoms with van der Waals surface area (Å²) in [5.74, 6) is -0.514. The van der Waals surface area contributed by atoms with Crippen LogP contribution in [0.3, 0.4) is 0 Å². The van der Waals surface area contributed by atoms with Crippen LogP contribution in [0.4, 0.5) is 0 Å². The van der Waals surface area contributed by atoms with Crippen molar-refractivity contribution < 1.29 is 37.3 Å². The van der Waals surface area contributed by atoms with Gasteiger partial charge in [0.15, 0.2) is 0 Å². The highest BCUT2D eigenvalue weighted by molar-refractivity contribution is 7.47. The van der Waals surface area contributed by atoms with Gasteiger partial charge in [0.05, 0.1) is 33.8 Å². The third kappa shape index (κ3) is 57.9. The fraction of sp³-hybridized carbons (Fsp3) is 0.791. The lowest BCUT2D eigenvalue weighted by Crippen LogP contribution is -2.47. The zero-order valence-corrected chi connectivity index (χ0v) is 52.1. The number of hydrogen-bond acceptors (Lipinski definition) is 6. The van der Waals surface area contributed by atoms with Crippen molar-refractivity contribution in [3.05, 3.63) is 72.9 Å².